The van der Waals surface area contributed by atoms with Crippen LogP contribution in [0.1, 0.15) is 11.7 Å². The summed E-state index contributed by atoms with van der Waals surface area (Å²) in [6.07, 6.45) is 0.0649. The number of para-hydroxylation sites is 2. The molecule has 0 saturated heterocycles. The molecule has 0 spiro atoms. The molecule has 2 aromatic rings. The molecule has 0 aliphatic carbocycles. The summed E-state index contributed by atoms with van der Waals surface area (Å²) in [5.41, 5.74) is 0.616. The maximum Gasteiger partial charge on any atom is 0.232 e. The number of rotatable bonds is 4. The van der Waals surface area contributed by atoms with Crippen molar-refractivity contribution < 1.29 is 14.1 Å². The van der Waals surface area contributed by atoms with Crippen LogP contribution >= 0.6 is 0 Å². The smallest absolute Gasteiger partial charge is 0.232 e. The average molecular weight is 247 g/mol. The Labute approximate surface area is 104 Å². The van der Waals surface area contributed by atoms with Gasteiger partial charge in [-0.05, 0) is 12.1 Å². The molecule has 0 fully saturated rings. The van der Waals surface area contributed by atoms with Crippen molar-refractivity contribution in [2.45, 2.75) is 13.3 Å². The first-order chi connectivity index (χ1) is 8.69. The zero-order valence-electron chi connectivity index (χ0n) is 10.1. The maximum atomic E-state index is 11.8. The van der Waals surface area contributed by atoms with Gasteiger partial charge in [0.1, 0.15) is 5.75 Å². The van der Waals surface area contributed by atoms with Crippen molar-refractivity contribution in [1.29, 1.82) is 0 Å². The van der Waals surface area contributed by atoms with E-state index in [0.717, 1.165) is 0 Å². The fraction of sp³-hybridized carbons (Fsp3) is 0.250. The summed E-state index contributed by atoms with van der Waals surface area (Å²) in [5, 5.41) is 6.40. The lowest BCUT2D eigenvalue weighted by molar-refractivity contribution is -0.115. The van der Waals surface area contributed by atoms with Crippen molar-refractivity contribution in [2.75, 3.05) is 12.4 Å². The second kappa shape index (κ2) is 5.31. The number of carbonyl (C=O) groups is 1. The molecule has 0 bridgehead atoms. The third-order valence-electron chi connectivity index (χ3n) is 2.27. The molecule has 1 amide bonds. The normalized spacial score (nSPS) is 10.1. The number of carbonyl (C=O) groups excluding carboxylic acids is 1. The van der Waals surface area contributed by atoms with Crippen LogP contribution in [-0.2, 0) is 11.2 Å². The van der Waals surface area contributed by atoms with E-state index in [1.807, 2.05) is 12.1 Å². The van der Waals surface area contributed by atoms with E-state index in [0.29, 0.717) is 23.2 Å². The molecule has 6 heteroatoms. The van der Waals surface area contributed by atoms with Crippen LogP contribution in [0.5, 0.6) is 5.75 Å². The fourth-order valence-electron chi connectivity index (χ4n) is 1.50. The Balaban J connectivity index is 2.03. The van der Waals surface area contributed by atoms with E-state index in [2.05, 4.69) is 15.5 Å². The number of hydrogen-bond acceptors (Lipinski definition) is 5. The highest BCUT2D eigenvalue weighted by atomic mass is 16.5. The van der Waals surface area contributed by atoms with Crippen LogP contribution in [0.4, 0.5) is 5.69 Å². The molecule has 0 radical (unpaired) electrons. The summed E-state index contributed by atoms with van der Waals surface area (Å²) in [6.45, 7) is 1.68. The Bertz CT molecular complexity index is 551. The summed E-state index contributed by atoms with van der Waals surface area (Å²) in [5.74, 6) is 1.19. The van der Waals surface area contributed by atoms with E-state index in [-0.39, 0.29) is 12.3 Å². The molecule has 1 heterocycles. The third kappa shape index (κ3) is 2.85. The SMILES string of the molecule is COc1ccccc1NC(=O)Cc1noc(C)n1. The number of aromatic nitrogens is 2. The van der Waals surface area contributed by atoms with Crippen LogP contribution in [0, 0.1) is 6.92 Å². The van der Waals surface area contributed by atoms with Crippen LogP contribution in [0.2, 0.25) is 0 Å². The standard InChI is InChI=1S/C12H13N3O3/c1-8-13-11(15-18-8)7-12(16)14-9-5-3-4-6-10(9)17-2/h3-6H,7H2,1-2H3,(H,14,16). The lowest BCUT2D eigenvalue weighted by Gasteiger charge is -2.08. The van der Waals surface area contributed by atoms with Gasteiger partial charge in [-0.1, -0.05) is 17.3 Å². The highest BCUT2D eigenvalue weighted by Crippen LogP contribution is 2.22. The number of anilines is 1. The van der Waals surface area contributed by atoms with E-state index < -0.39 is 0 Å². The van der Waals surface area contributed by atoms with Gasteiger partial charge in [-0.15, -0.1) is 0 Å². The zero-order valence-corrected chi connectivity index (χ0v) is 10.1. The van der Waals surface area contributed by atoms with Crippen LogP contribution in [0.3, 0.4) is 0 Å². The van der Waals surface area contributed by atoms with Gasteiger partial charge in [0.05, 0.1) is 19.2 Å². The first-order valence-electron chi connectivity index (χ1n) is 5.41. The van der Waals surface area contributed by atoms with Gasteiger partial charge in [-0.3, -0.25) is 4.79 Å². The van der Waals surface area contributed by atoms with Crippen molar-refractivity contribution in [2.24, 2.45) is 0 Å². The molecule has 0 aliphatic rings. The molecule has 1 aromatic heterocycles. The minimum Gasteiger partial charge on any atom is -0.495 e. The molecule has 0 aliphatic heterocycles. The first kappa shape index (κ1) is 12.1. The molecule has 0 unspecified atom stereocenters. The van der Waals surface area contributed by atoms with Crippen molar-refractivity contribution in [3.63, 3.8) is 0 Å². The summed E-state index contributed by atoms with van der Waals surface area (Å²) in [6, 6.07) is 7.18. The molecule has 18 heavy (non-hydrogen) atoms. The van der Waals surface area contributed by atoms with E-state index in [1.165, 1.54) is 0 Å². The molecule has 0 saturated carbocycles. The molecule has 94 valence electrons. The second-order valence-corrected chi connectivity index (χ2v) is 3.65. The number of amides is 1. The molecule has 2 rings (SSSR count). The minimum atomic E-state index is -0.222. The summed E-state index contributed by atoms with van der Waals surface area (Å²) >= 11 is 0. The average Bonchev–Trinajstić information content (AvgIpc) is 2.75. The first-order valence-corrected chi connectivity index (χ1v) is 5.41. The predicted octanol–water partition coefficient (Wildman–Crippen LogP) is 1.57. The maximum absolute atomic E-state index is 11.8. The van der Waals surface area contributed by atoms with Crippen molar-refractivity contribution in [3.8, 4) is 5.75 Å². The van der Waals surface area contributed by atoms with Crippen LogP contribution in [0.15, 0.2) is 28.8 Å². The monoisotopic (exact) mass is 247 g/mol. The largest absolute Gasteiger partial charge is 0.495 e. The third-order valence-corrected chi connectivity index (χ3v) is 2.27. The molecule has 0 atom stereocenters. The van der Waals surface area contributed by atoms with Gasteiger partial charge in [-0.25, -0.2) is 0 Å². The number of hydrogen-bond donors (Lipinski definition) is 1. The lowest BCUT2D eigenvalue weighted by Crippen LogP contribution is -2.15. The van der Waals surface area contributed by atoms with Crippen LogP contribution < -0.4 is 10.1 Å². The summed E-state index contributed by atoms with van der Waals surface area (Å²) in [4.78, 5) is 15.7. The molecule has 1 aromatic carbocycles. The lowest BCUT2D eigenvalue weighted by atomic mass is 10.2. The minimum absolute atomic E-state index is 0.0649. The van der Waals surface area contributed by atoms with Gasteiger partial charge >= 0.3 is 0 Å². The Morgan fingerprint density at radius 2 is 2.22 bits per heavy atom. The van der Waals surface area contributed by atoms with E-state index in [4.69, 9.17) is 9.26 Å². The van der Waals surface area contributed by atoms with Gasteiger partial charge in [0.25, 0.3) is 0 Å². The second-order valence-electron chi connectivity index (χ2n) is 3.65. The number of aryl methyl sites for hydroxylation is 1. The van der Waals surface area contributed by atoms with Crippen molar-refractivity contribution in [1.82, 2.24) is 10.1 Å². The van der Waals surface area contributed by atoms with Crippen LogP contribution in [-0.4, -0.2) is 23.2 Å². The van der Waals surface area contributed by atoms with Gasteiger partial charge in [0, 0.05) is 6.92 Å². The Kier molecular flexibility index (Phi) is 3.57. The molecular weight excluding hydrogens is 234 g/mol. The number of ether oxygens (including phenoxy) is 1. The van der Waals surface area contributed by atoms with Gasteiger partial charge in [-0.2, -0.15) is 4.98 Å². The number of nitrogens with one attached hydrogen (secondary N) is 1. The highest BCUT2D eigenvalue weighted by Gasteiger charge is 2.11. The number of methoxy groups -OCH3 is 1. The van der Waals surface area contributed by atoms with Gasteiger partial charge in [0.2, 0.25) is 11.8 Å². The van der Waals surface area contributed by atoms with Crippen molar-refractivity contribution in [3.05, 3.63) is 36.0 Å². The quantitative estimate of drug-likeness (QED) is 0.887. The van der Waals surface area contributed by atoms with Gasteiger partial charge < -0.3 is 14.6 Å². The van der Waals surface area contributed by atoms with E-state index in [9.17, 15) is 4.79 Å². The Hall–Kier alpha value is -2.37. The highest BCUT2D eigenvalue weighted by molar-refractivity contribution is 5.93. The zero-order chi connectivity index (χ0) is 13.0. The molecular formula is C12H13N3O3. The molecule has 6 nitrogen and oxygen atoms in total. The summed E-state index contributed by atoms with van der Waals surface area (Å²) in [7, 11) is 1.55. The van der Waals surface area contributed by atoms with Crippen molar-refractivity contribution >= 4 is 11.6 Å². The predicted molar refractivity (Wildman–Crippen MR) is 64.4 cm³/mol. The number of benzene rings is 1. The van der Waals surface area contributed by atoms with Crippen LogP contribution in [0.25, 0.3) is 0 Å². The van der Waals surface area contributed by atoms with E-state index >= 15 is 0 Å². The van der Waals surface area contributed by atoms with E-state index in [1.54, 1.807) is 26.2 Å². The Morgan fingerprint density at radius 3 is 2.89 bits per heavy atom. The summed E-state index contributed by atoms with van der Waals surface area (Å²) < 4.78 is 9.93. The topological polar surface area (TPSA) is 77.2 Å². The fourth-order valence-corrected chi connectivity index (χ4v) is 1.50. The van der Waals surface area contributed by atoms with Gasteiger partial charge in [0.15, 0.2) is 5.82 Å². The Morgan fingerprint density at radius 1 is 1.44 bits per heavy atom. The molecule has 1 N–H and O–H groups in total. The number of nitrogens with zero attached hydrogens (tertiary/aromatic N) is 2.